The second-order valence-corrected chi connectivity index (χ2v) is 7.33. The first-order valence-corrected chi connectivity index (χ1v) is 9.77. The van der Waals surface area contributed by atoms with Gasteiger partial charge < -0.3 is 9.15 Å². The maximum Gasteiger partial charge on any atom is 0.338 e. The topological polar surface area (TPSA) is 65.2 Å². The fourth-order valence-electron chi connectivity index (χ4n) is 2.93. The molecule has 0 unspecified atom stereocenters. The van der Waals surface area contributed by atoms with Crippen LogP contribution in [0, 0.1) is 0 Å². The van der Waals surface area contributed by atoms with Crippen LogP contribution in [0.3, 0.4) is 0 Å². The van der Waals surface area contributed by atoms with Crippen LogP contribution in [0.2, 0.25) is 10.0 Å². The van der Waals surface area contributed by atoms with Gasteiger partial charge in [0.2, 0.25) is 5.89 Å². The highest BCUT2D eigenvalue weighted by atomic mass is 35.5. The van der Waals surface area contributed by atoms with E-state index in [2.05, 4.69) is 9.97 Å². The smallest absolute Gasteiger partial charge is 0.338 e. The van der Waals surface area contributed by atoms with Gasteiger partial charge in [0.15, 0.2) is 5.58 Å². The first-order chi connectivity index (χ1) is 14.1. The number of aryl methyl sites for hydroxylation is 1. The van der Waals surface area contributed by atoms with Gasteiger partial charge in [0, 0.05) is 28.0 Å². The zero-order valence-electron chi connectivity index (χ0n) is 15.3. The third-order valence-corrected chi connectivity index (χ3v) is 4.76. The minimum absolute atomic E-state index is 0.335. The highest BCUT2D eigenvalue weighted by Crippen LogP contribution is 2.29. The quantitative estimate of drug-likeness (QED) is 0.280. The number of ether oxygens (including phenoxy) is 1. The first kappa shape index (κ1) is 19.4. The molecule has 0 saturated heterocycles. The largest absolute Gasteiger partial charge is 0.462 e. The summed E-state index contributed by atoms with van der Waals surface area (Å²) in [6.07, 6.45) is 5.06. The molecule has 0 radical (unpaired) electrons. The van der Waals surface area contributed by atoms with Crippen molar-refractivity contribution in [2.75, 3.05) is 6.61 Å². The molecule has 4 rings (SSSR count). The van der Waals surface area contributed by atoms with E-state index >= 15 is 0 Å². The molecule has 2 heterocycles. The summed E-state index contributed by atoms with van der Waals surface area (Å²) >= 11 is 12.1. The molecule has 29 heavy (non-hydrogen) atoms. The monoisotopic (exact) mass is 426 g/mol. The summed E-state index contributed by atoms with van der Waals surface area (Å²) in [5, 5.41) is 0.983. The Bertz CT molecular complexity index is 1140. The number of oxazole rings is 1. The molecular weight excluding hydrogens is 411 g/mol. The molecule has 0 aliphatic heterocycles. The zero-order chi connectivity index (χ0) is 20.2. The average molecular weight is 427 g/mol. The van der Waals surface area contributed by atoms with Crippen LogP contribution in [0.4, 0.5) is 0 Å². The minimum atomic E-state index is -0.398. The van der Waals surface area contributed by atoms with E-state index in [9.17, 15) is 4.79 Å². The van der Waals surface area contributed by atoms with Gasteiger partial charge in [-0.1, -0.05) is 23.2 Å². The fraction of sp³-hybridized carbons (Fsp3) is 0.136. The number of pyridine rings is 1. The Morgan fingerprint density at radius 2 is 1.76 bits per heavy atom. The molecular formula is C22H16Cl2N2O3. The van der Waals surface area contributed by atoms with Crippen molar-refractivity contribution in [2.45, 2.75) is 12.8 Å². The molecule has 146 valence electrons. The number of rotatable bonds is 6. The van der Waals surface area contributed by atoms with Crippen LogP contribution < -0.4 is 0 Å². The van der Waals surface area contributed by atoms with Crippen molar-refractivity contribution in [3.63, 3.8) is 0 Å². The van der Waals surface area contributed by atoms with Crippen LogP contribution in [0.15, 0.2) is 65.3 Å². The number of carbonyl (C=O) groups is 1. The summed E-state index contributed by atoms with van der Waals surface area (Å²) in [5.41, 5.74) is 3.35. The second-order valence-electron chi connectivity index (χ2n) is 6.45. The van der Waals surface area contributed by atoms with E-state index in [-0.39, 0.29) is 0 Å². The summed E-state index contributed by atoms with van der Waals surface area (Å²) in [7, 11) is 0. The maximum absolute atomic E-state index is 12.3. The van der Waals surface area contributed by atoms with Crippen LogP contribution in [0.1, 0.15) is 22.3 Å². The van der Waals surface area contributed by atoms with Crippen LogP contribution >= 0.6 is 23.2 Å². The van der Waals surface area contributed by atoms with Crippen molar-refractivity contribution in [3.8, 4) is 11.5 Å². The van der Waals surface area contributed by atoms with Gasteiger partial charge in [-0.25, -0.2) is 9.78 Å². The minimum Gasteiger partial charge on any atom is -0.462 e. The van der Waals surface area contributed by atoms with Gasteiger partial charge in [0.25, 0.3) is 0 Å². The summed E-state index contributed by atoms with van der Waals surface area (Å²) < 4.78 is 11.2. The Hall–Kier alpha value is -2.89. The van der Waals surface area contributed by atoms with Crippen LogP contribution in [0.25, 0.3) is 22.6 Å². The number of nitrogens with zero attached hydrogens (tertiary/aromatic N) is 2. The van der Waals surface area contributed by atoms with Gasteiger partial charge in [0.1, 0.15) is 5.52 Å². The van der Waals surface area contributed by atoms with Gasteiger partial charge in [-0.15, -0.1) is 0 Å². The van der Waals surface area contributed by atoms with E-state index in [0.29, 0.717) is 44.8 Å². The molecule has 2 aromatic heterocycles. The standard InChI is InChI=1S/C22H16Cl2N2O3/c23-17-10-16(11-18(24)13-17)21-26-19-4-3-15(12-20(19)29-21)22(27)28-9-1-2-14-5-7-25-8-6-14/h3-8,10-13H,1-2,9H2. The Balaban J connectivity index is 1.43. The highest BCUT2D eigenvalue weighted by molar-refractivity contribution is 6.35. The van der Waals surface area contributed by atoms with Crippen LogP contribution in [-0.4, -0.2) is 22.5 Å². The van der Waals surface area contributed by atoms with Gasteiger partial charge >= 0.3 is 5.97 Å². The Kier molecular flexibility index (Phi) is 5.79. The van der Waals surface area contributed by atoms with E-state index in [1.165, 1.54) is 0 Å². The van der Waals surface area contributed by atoms with Crippen molar-refractivity contribution in [1.29, 1.82) is 0 Å². The molecule has 0 spiro atoms. The Morgan fingerprint density at radius 1 is 1.00 bits per heavy atom. The molecule has 0 fully saturated rings. The number of carbonyl (C=O) groups excluding carboxylic acids is 1. The summed E-state index contributed by atoms with van der Waals surface area (Å²) in [6, 6.07) is 14.0. The van der Waals surface area contributed by atoms with Crippen molar-refractivity contribution < 1.29 is 13.9 Å². The van der Waals surface area contributed by atoms with E-state index in [1.807, 2.05) is 12.1 Å². The summed E-state index contributed by atoms with van der Waals surface area (Å²) in [6.45, 7) is 0.335. The van der Waals surface area contributed by atoms with Crippen molar-refractivity contribution >= 4 is 40.3 Å². The SMILES string of the molecule is O=C(OCCCc1ccncc1)c1ccc2nc(-c3cc(Cl)cc(Cl)c3)oc2c1. The molecule has 2 aromatic carbocycles. The lowest BCUT2D eigenvalue weighted by atomic mass is 10.1. The average Bonchev–Trinajstić information content (AvgIpc) is 3.14. The van der Waals surface area contributed by atoms with Crippen molar-refractivity contribution in [2.24, 2.45) is 0 Å². The van der Waals surface area contributed by atoms with E-state index < -0.39 is 5.97 Å². The lowest BCUT2D eigenvalue weighted by Gasteiger charge is -2.05. The third kappa shape index (κ3) is 4.75. The van der Waals surface area contributed by atoms with E-state index in [4.69, 9.17) is 32.4 Å². The molecule has 7 heteroatoms. The number of fused-ring (bicyclic) bond motifs is 1. The van der Waals surface area contributed by atoms with Crippen LogP contribution in [-0.2, 0) is 11.2 Å². The predicted octanol–water partition coefficient (Wildman–Crippen LogP) is 5.99. The number of aromatic nitrogens is 2. The number of halogens is 2. The molecule has 0 saturated carbocycles. The first-order valence-electron chi connectivity index (χ1n) is 9.01. The molecule has 0 aliphatic carbocycles. The number of hydrogen-bond donors (Lipinski definition) is 0. The predicted molar refractivity (Wildman–Crippen MR) is 112 cm³/mol. The highest BCUT2D eigenvalue weighted by Gasteiger charge is 2.14. The van der Waals surface area contributed by atoms with E-state index in [0.717, 1.165) is 18.4 Å². The zero-order valence-corrected chi connectivity index (χ0v) is 16.8. The summed E-state index contributed by atoms with van der Waals surface area (Å²) in [4.78, 5) is 20.8. The van der Waals surface area contributed by atoms with Gasteiger partial charge in [-0.05, 0) is 66.9 Å². The Labute approximate surface area is 177 Å². The third-order valence-electron chi connectivity index (χ3n) is 4.33. The van der Waals surface area contributed by atoms with Gasteiger partial charge in [0.05, 0.1) is 12.2 Å². The molecule has 0 amide bonds. The van der Waals surface area contributed by atoms with Crippen molar-refractivity contribution in [1.82, 2.24) is 9.97 Å². The van der Waals surface area contributed by atoms with Crippen molar-refractivity contribution in [3.05, 3.63) is 82.1 Å². The lowest BCUT2D eigenvalue weighted by Crippen LogP contribution is -2.07. The molecule has 0 N–H and O–H groups in total. The lowest BCUT2D eigenvalue weighted by molar-refractivity contribution is 0.0500. The van der Waals surface area contributed by atoms with E-state index in [1.54, 1.807) is 48.8 Å². The normalized spacial score (nSPS) is 11.0. The molecule has 0 bridgehead atoms. The van der Waals surface area contributed by atoms with Crippen LogP contribution in [0.5, 0.6) is 0 Å². The number of esters is 1. The Morgan fingerprint density at radius 3 is 2.52 bits per heavy atom. The number of hydrogen-bond acceptors (Lipinski definition) is 5. The van der Waals surface area contributed by atoms with Gasteiger partial charge in [-0.3, -0.25) is 4.98 Å². The molecule has 0 aliphatic rings. The second kappa shape index (κ2) is 8.64. The number of benzene rings is 2. The molecule has 5 nitrogen and oxygen atoms in total. The molecule has 4 aromatic rings. The van der Waals surface area contributed by atoms with Gasteiger partial charge in [-0.2, -0.15) is 0 Å². The maximum atomic E-state index is 12.3. The fourth-order valence-corrected chi connectivity index (χ4v) is 3.45. The summed E-state index contributed by atoms with van der Waals surface area (Å²) in [5.74, 6) is -0.0161. The molecule has 0 atom stereocenters.